The van der Waals surface area contributed by atoms with Crippen LogP contribution in [0.3, 0.4) is 0 Å². The minimum absolute atomic E-state index is 0.0363. The van der Waals surface area contributed by atoms with Crippen LogP contribution >= 0.6 is 23.4 Å². The number of amides is 2. The molecule has 0 aliphatic heterocycles. The molecule has 3 aromatic rings. The van der Waals surface area contributed by atoms with E-state index in [-0.39, 0.29) is 30.7 Å². The Bertz CT molecular complexity index is 1140. The second kappa shape index (κ2) is 12.3. The Morgan fingerprint density at radius 1 is 1.12 bits per heavy atom. The summed E-state index contributed by atoms with van der Waals surface area (Å²) in [5.74, 6) is 0.574. The van der Waals surface area contributed by atoms with Gasteiger partial charge in [-0.15, -0.1) is 0 Å². The Balaban J connectivity index is 1.60. The van der Waals surface area contributed by atoms with Gasteiger partial charge in [0.25, 0.3) is 0 Å². The molecule has 0 saturated carbocycles. The van der Waals surface area contributed by atoms with E-state index in [1.54, 1.807) is 34.9 Å². The average molecular weight is 505 g/mol. The number of hydrogen-bond donors (Lipinski definition) is 3. The van der Waals surface area contributed by atoms with Crippen LogP contribution in [0.5, 0.6) is 11.5 Å². The largest absolute Gasteiger partial charge is 0.497 e. The predicted octanol–water partition coefficient (Wildman–Crippen LogP) is 3.09. The van der Waals surface area contributed by atoms with E-state index in [1.807, 2.05) is 12.1 Å². The number of carbonyl (C=O) groups excluding carboxylic acids is 2. The molecule has 1 heterocycles. The first-order chi connectivity index (χ1) is 16.4. The van der Waals surface area contributed by atoms with E-state index in [4.69, 9.17) is 21.1 Å². The van der Waals surface area contributed by atoms with Gasteiger partial charge in [-0.1, -0.05) is 35.5 Å². The lowest BCUT2D eigenvalue weighted by Crippen LogP contribution is -2.28. The predicted molar refractivity (Wildman–Crippen MR) is 130 cm³/mol. The Morgan fingerprint density at radius 2 is 1.88 bits per heavy atom. The van der Waals surface area contributed by atoms with Crippen molar-refractivity contribution in [3.63, 3.8) is 0 Å². The molecule has 0 unspecified atom stereocenters. The molecule has 34 heavy (non-hydrogen) atoms. The number of aliphatic hydroxyl groups excluding tert-OH is 1. The molecule has 0 bridgehead atoms. The van der Waals surface area contributed by atoms with Crippen LogP contribution in [0.15, 0.2) is 53.8 Å². The van der Waals surface area contributed by atoms with E-state index < -0.39 is 0 Å². The number of anilines is 1. The lowest BCUT2D eigenvalue weighted by atomic mass is 10.2. The highest BCUT2D eigenvalue weighted by Gasteiger charge is 2.16. The Hall–Kier alpha value is -3.21. The molecule has 2 amide bonds. The molecule has 180 valence electrons. The van der Waals surface area contributed by atoms with Crippen LogP contribution in [-0.2, 0) is 29.3 Å². The maximum absolute atomic E-state index is 12.5. The fraction of sp³-hybridized carbons (Fsp3) is 0.261. The molecule has 0 saturated heterocycles. The Kier molecular flexibility index (Phi) is 9.20. The number of methoxy groups -OCH3 is 2. The summed E-state index contributed by atoms with van der Waals surface area (Å²) >= 11 is 7.04. The highest BCUT2D eigenvalue weighted by Crippen LogP contribution is 2.29. The van der Waals surface area contributed by atoms with Gasteiger partial charge in [0.1, 0.15) is 18.0 Å². The lowest BCUT2D eigenvalue weighted by Gasteiger charge is -2.13. The molecule has 11 heteroatoms. The number of carbonyl (C=O) groups is 2. The topological polar surface area (TPSA) is 115 Å². The van der Waals surface area contributed by atoms with Gasteiger partial charge in [-0.2, -0.15) is 0 Å². The van der Waals surface area contributed by atoms with Crippen LogP contribution < -0.4 is 20.1 Å². The second-order valence-electron chi connectivity index (χ2n) is 7.08. The molecule has 0 atom stereocenters. The number of ether oxygens (including phenoxy) is 2. The molecule has 3 N–H and O–H groups in total. The van der Waals surface area contributed by atoms with Crippen molar-refractivity contribution in [1.82, 2.24) is 14.9 Å². The number of nitrogens with zero attached hydrogens (tertiary/aromatic N) is 2. The fourth-order valence-electron chi connectivity index (χ4n) is 3.03. The number of aromatic nitrogens is 2. The third-order valence-corrected chi connectivity index (χ3v) is 6.02. The molecule has 1 aromatic heterocycles. The van der Waals surface area contributed by atoms with Crippen molar-refractivity contribution in [2.75, 3.05) is 25.3 Å². The molecule has 0 spiro atoms. The summed E-state index contributed by atoms with van der Waals surface area (Å²) < 4.78 is 12.1. The quantitative estimate of drug-likeness (QED) is 0.344. The van der Waals surface area contributed by atoms with E-state index in [0.717, 1.165) is 17.3 Å². The Morgan fingerprint density at radius 3 is 2.56 bits per heavy atom. The number of thioether (sulfide) groups is 1. The number of aliphatic hydroxyl groups is 1. The van der Waals surface area contributed by atoms with Gasteiger partial charge in [0, 0.05) is 17.6 Å². The van der Waals surface area contributed by atoms with Crippen LogP contribution in [0.4, 0.5) is 5.69 Å². The van der Waals surface area contributed by atoms with Crippen molar-refractivity contribution < 1.29 is 24.2 Å². The van der Waals surface area contributed by atoms with Gasteiger partial charge in [-0.05, 0) is 29.8 Å². The fourth-order valence-corrected chi connectivity index (χ4v) is 3.96. The van der Waals surface area contributed by atoms with E-state index in [0.29, 0.717) is 39.6 Å². The van der Waals surface area contributed by atoms with Crippen molar-refractivity contribution >= 4 is 40.9 Å². The van der Waals surface area contributed by atoms with Crippen LogP contribution in [0.2, 0.25) is 5.02 Å². The monoisotopic (exact) mass is 504 g/mol. The number of rotatable bonds is 11. The lowest BCUT2D eigenvalue weighted by molar-refractivity contribution is -0.122. The number of nitrogens with one attached hydrogen (secondary N) is 2. The van der Waals surface area contributed by atoms with Gasteiger partial charge in [-0.25, -0.2) is 4.98 Å². The van der Waals surface area contributed by atoms with E-state index in [9.17, 15) is 14.7 Å². The van der Waals surface area contributed by atoms with E-state index in [2.05, 4.69) is 15.6 Å². The van der Waals surface area contributed by atoms with E-state index >= 15 is 0 Å². The Labute approximate surface area is 206 Å². The first-order valence-electron chi connectivity index (χ1n) is 10.2. The van der Waals surface area contributed by atoms with Gasteiger partial charge < -0.3 is 29.8 Å². The SMILES string of the molecule is COc1ccc(OC)c(NC(=O)CSc2ncc(CO)n2CC(=O)NCc2ccc(Cl)cc2)c1. The summed E-state index contributed by atoms with van der Waals surface area (Å²) in [6.07, 6.45) is 1.48. The van der Waals surface area contributed by atoms with Crippen molar-refractivity contribution in [2.24, 2.45) is 0 Å². The molecule has 0 radical (unpaired) electrons. The summed E-state index contributed by atoms with van der Waals surface area (Å²) in [5.41, 5.74) is 1.86. The van der Waals surface area contributed by atoms with Gasteiger partial charge >= 0.3 is 0 Å². The maximum Gasteiger partial charge on any atom is 0.240 e. The molecule has 0 aliphatic carbocycles. The van der Waals surface area contributed by atoms with Crippen LogP contribution in [0.1, 0.15) is 11.3 Å². The second-order valence-corrected chi connectivity index (χ2v) is 8.46. The number of imidazole rings is 1. The molecule has 0 aliphatic rings. The normalized spacial score (nSPS) is 10.6. The first kappa shape index (κ1) is 25.4. The smallest absolute Gasteiger partial charge is 0.240 e. The third-order valence-electron chi connectivity index (χ3n) is 4.78. The summed E-state index contributed by atoms with van der Waals surface area (Å²) in [4.78, 5) is 29.3. The number of hydrogen-bond acceptors (Lipinski definition) is 7. The first-order valence-corrected chi connectivity index (χ1v) is 11.6. The molecular formula is C23H25ClN4O5S. The minimum atomic E-state index is -0.288. The van der Waals surface area contributed by atoms with Gasteiger partial charge in [0.15, 0.2) is 5.16 Å². The van der Waals surface area contributed by atoms with Crippen molar-refractivity contribution in [3.8, 4) is 11.5 Å². The third kappa shape index (κ3) is 6.89. The molecule has 2 aromatic carbocycles. The van der Waals surface area contributed by atoms with Crippen molar-refractivity contribution in [2.45, 2.75) is 24.9 Å². The highest BCUT2D eigenvalue weighted by atomic mass is 35.5. The minimum Gasteiger partial charge on any atom is -0.497 e. The average Bonchev–Trinajstić information content (AvgIpc) is 3.23. The molecular weight excluding hydrogens is 480 g/mol. The standard InChI is InChI=1S/C23H25ClN4O5S/c1-32-18-7-8-20(33-2)19(9-18)27-22(31)14-34-23-26-11-17(13-29)28(23)12-21(30)25-10-15-3-5-16(24)6-4-15/h3-9,11,29H,10,12-14H2,1-2H3,(H,25,30)(H,27,31). The van der Waals surface area contributed by atoms with Gasteiger partial charge in [-0.3, -0.25) is 9.59 Å². The van der Waals surface area contributed by atoms with Gasteiger partial charge in [0.2, 0.25) is 11.8 Å². The van der Waals surface area contributed by atoms with Crippen molar-refractivity contribution in [1.29, 1.82) is 0 Å². The summed E-state index contributed by atoms with van der Waals surface area (Å²) in [6.45, 7) is 0.00871. The number of halogens is 1. The zero-order valence-corrected chi connectivity index (χ0v) is 20.3. The number of benzene rings is 2. The molecule has 9 nitrogen and oxygen atoms in total. The van der Waals surface area contributed by atoms with Gasteiger partial charge in [0.05, 0.1) is 44.2 Å². The summed E-state index contributed by atoms with van der Waals surface area (Å²) in [6, 6.07) is 12.3. The van der Waals surface area contributed by atoms with Crippen LogP contribution in [0.25, 0.3) is 0 Å². The summed E-state index contributed by atoms with van der Waals surface area (Å²) in [5, 5.41) is 16.3. The highest BCUT2D eigenvalue weighted by molar-refractivity contribution is 7.99. The zero-order valence-electron chi connectivity index (χ0n) is 18.7. The van der Waals surface area contributed by atoms with Crippen LogP contribution in [0, 0.1) is 0 Å². The molecule has 0 fully saturated rings. The molecule has 3 rings (SSSR count). The van der Waals surface area contributed by atoms with Crippen molar-refractivity contribution in [3.05, 3.63) is 64.9 Å². The van der Waals surface area contributed by atoms with E-state index in [1.165, 1.54) is 20.4 Å². The maximum atomic E-state index is 12.5. The summed E-state index contributed by atoms with van der Waals surface area (Å²) in [7, 11) is 3.05. The van der Waals surface area contributed by atoms with Crippen LogP contribution in [-0.4, -0.2) is 46.4 Å². The zero-order chi connectivity index (χ0) is 24.5.